The van der Waals surface area contributed by atoms with Gasteiger partial charge in [-0.3, -0.25) is 0 Å². The quantitative estimate of drug-likeness (QED) is 0.810. The molecule has 5 nitrogen and oxygen atoms in total. The van der Waals surface area contributed by atoms with E-state index in [2.05, 4.69) is 13.8 Å². The van der Waals surface area contributed by atoms with Gasteiger partial charge in [-0.25, -0.2) is 13.2 Å². The van der Waals surface area contributed by atoms with E-state index in [1.54, 1.807) is 17.0 Å². The van der Waals surface area contributed by atoms with Crippen molar-refractivity contribution in [1.29, 1.82) is 0 Å². The summed E-state index contributed by atoms with van der Waals surface area (Å²) in [6.07, 6.45) is 0.505. The van der Waals surface area contributed by atoms with Crippen molar-refractivity contribution in [2.45, 2.75) is 69.1 Å². The van der Waals surface area contributed by atoms with E-state index in [1.165, 1.54) is 0 Å². The smallest absolute Gasteiger partial charge is 0.410 e. The van der Waals surface area contributed by atoms with E-state index in [1.807, 2.05) is 32.9 Å². The van der Waals surface area contributed by atoms with Crippen LogP contribution in [0.5, 0.6) is 0 Å². The number of ether oxygens (including phenoxy) is 1. The molecule has 2 rings (SSSR count). The molecule has 1 amide bonds. The maximum Gasteiger partial charge on any atom is 0.410 e. The number of rotatable bonds is 3. The van der Waals surface area contributed by atoms with Crippen LogP contribution in [-0.2, 0) is 14.6 Å². The van der Waals surface area contributed by atoms with Gasteiger partial charge in [-0.15, -0.1) is 0 Å². The summed E-state index contributed by atoms with van der Waals surface area (Å²) in [6.45, 7) is 10.4. The molecule has 1 aliphatic rings. The third-order valence-corrected chi connectivity index (χ3v) is 6.69. The number of likely N-dealkylation sites (tertiary alicyclic amines) is 1. The summed E-state index contributed by atoms with van der Waals surface area (Å²) in [6, 6.07) is 7.16. The van der Waals surface area contributed by atoms with E-state index < -0.39 is 20.7 Å². The average molecular weight is 368 g/mol. The first kappa shape index (κ1) is 19.8. The van der Waals surface area contributed by atoms with Crippen molar-refractivity contribution >= 4 is 15.9 Å². The van der Waals surface area contributed by atoms with Crippen LogP contribution < -0.4 is 0 Å². The molecule has 0 radical (unpaired) electrons. The van der Waals surface area contributed by atoms with Gasteiger partial charge in [0.05, 0.1) is 10.1 Å². The lowest BCUT2D eigenvalue weighted by molar-refractivity contribution is 0.0217. The number of nitrogens with zero attached hydrogens (tertiary/aromatic N) is 1. The summed E-state index contributed by atoms with van der Waals surface area (Å²) in [5, 5.41) is -0.448. The molecule has 1 aromatic rings. The molecular weight excluding hydrogens is 338 g/mol. The topological polar surface area (TPSA) is 63.7 Å². The lowest BCUT2D eigenvalue weighted by Crippen LogP contribution is -2.44. The fraction of sp³-hybridized carbons (Fsp3) is 0.632. The molecule has 0 spiro atoms. The van der Waals surface area contributed by atoms with Gasteiger partial charge in [0.1, 0.15) is 5.60 Å². The van der Waals surface area contributed by atoms with Crippen LogP contribution in [0.4, 0.5) is 4.79 Å². The first-order valence-corrected chi connectivity index (χ1v) is 10.4. The highest BCUT2D eigenvalue weighted by Crippen LogP contribution is 2.26. The van der Waals surface area contributed by atoms with Crippen LogP contribution in [0.1, 0.15) is 58.9 Å². The monoisotopic (exact) mass is 367 g/mol. The second-order valence-corrected chi connectivity index (χ2v) is 10.2. The molecule has 6 heteroatoms. The van der Waals surface area contributed by atoms with Gasteiger partial charge in [0.2, 0.25) is 0 Å². The van der Waals surface area contributed by atoms with Crippen molar-refractivity contribution in [1.82, 2.24) is 4.90 Å². The van der Waals surface area contributed by atoms with Gasteiger partial charge >= 0.3 is 6.09 Å². The Labute approximate surface area is 151 Å². The first-order chi connectivity index (χ1) is 11.5. The van der Waals surface area contributed by atoms with Crippen molar-refractivity contribution in [3.05, 3.63) is 29.8 Å². The standard InChI is InChI=1S/C19H29NO4S/c1-14(2)15-6-8-16(9-7-15)25(22,23)17-10-12-20(13-11-17)18(21)24-19(3,4)5/h6-9,14,17H,10-13H2,1-5H3. The number of carbonyl (C=O) groups is 1. The van der Waals surface area contributed by atoms with E-state index in [0.29, 0.717) is 36.7 Å². The number of sulfone groups is 1. The summed E-state index contributed by atoms with van der Waals surface area (Å²) in [5.74, 6) is 0.369. The molecule has 0 atom stereocenters. The molecular formula is C19H29NO4S. The normalized spacial score (nSPS) is 17.0. The number of carbonyl (C=O) groups excluding carboxylic acids is 1. The zero-order valence-electron chi connectivity index (χ0n) is 15.8. The van der Waals surface area contributed by atoms with E-state index in [0.717, 1.165) is 5.56 Å². The Bertz CT molecular complexity index is 694. The lowest BCUT2D eigenvalue weighted by Gasteiger charge is -2.33. The molecule has 0 bridgehead atoms. The van der Waals surface area contributed by atoms with Gasteiger partial charge in [0.15, 0.2) is 9.84 Å². The summed E-state index contributed by atoms with van der Waals surface area (Å²) in [4.78, 5) is 14.1. The Kier molecular flexibility index (Phi) is 5.82. The van der Waals surface area contributed by atoms with Crippen LogP contribution in [0.25, 0.3) is 0 Å². The van der Waals surface area contributed by atoms with Crippen molar-refractivity contribution in [2.75, 3.05) is 13.1 Å². The predicted molar refractivity (Wildman–Crippen MR) is 98.5 cm³/mol. The van der Waals surface area contributed by atoms with Crippen molar-refractivity contribution in [3.63, 3.8) is 0 Å². The van der Waals surface area contributed by atoms with E-state index in [9.17, 15) is 13.2 Å². The second kappa shape index (κ2) is 7.36. The van der Waals surface area contributed by atoms with E-state index in [4.69, 9.17) is 4.74 Å². The van der Waals surface area contributed by atoms with Gasteiger partial charge in [-0.05, 0) is 57.2 Å². The van der Waals surface area contributed by atoms with Crippen LogP contribution in [0.15, 0.2) is 29.2 Å². The average Bonchev–Trinajstić information content (AvgIpc) is 2.53. The Morgan fingerprint density at radius 3 is 2.08 bits per heavy atom. The highest BCUT2D eigenvalue weighted by molar-refractivity contribution is 7.92. The Balaban J connectivity index is 2.02. The fourth-order valence-corrected chi connectivity index (χ4v) is 4.64. The molecule has 1 fully saturated rings. The second-order valence-electron chi connectivity index (χ2n) is 7.94. The molecule has 25 heavy (non-hydrogen) atoms. The van der Waals surface area contributed by atoms with Crippen molar-refractivity contribution in [2.24, 2.45) is 0 Å². The summed E-state index contributed by atoms with van der Waals surface area (Å²) < 4.78 is 31.0. The van der Waals surface area contributed by atoms with Gasteiger partial charge < -0.3 is 9.64 Å². The fourth-order valence-electron chi connectivity index (χ4n) is 2.91. The highest BCUT2D eigenvalue weighted by atomic mass is 32.2. The highest BCUT2D eigenvalue weighted by Gasteiger charge is 2.34. The molecule has 0 N–H and O–H groups in total. The molecule has 1 heterocycles. The molecule has 140 valence electrons. The van der Waals surface area contributed by atoms with Gasteiger partial charge in [0, 0.05) is 13.1 Å². The third kappa shape index (κ3) is 4.97. The summed E-state index contributed by atoms with van der Waals surface area (Å²) >= 11 is 0. The van der Waals surface area contributed by atoms with Crippen LogP contribution in [0, 0.1) is 0 Å². The van der Waals surface area contributed by atoms with Crippen LogP contribution in [0.3, 0.4) is 0 Å². The summed E-state index contributed by atoms with van der Waals surface area (Å²) in [5.41, 5.74) is 0.580. The van der Waals surface area contributed by atoms with E-state index >= 15 is 0 Å². The van der Waals surface area contributed by atoms with Crippen LogP contribution in [-0.4, -0.2) is 43.4 Å². The third-order valence-electron chi connectivity index (χ3n) is 4.41. The van der Waals surface area contributed by atoms with E-state index in [-0.39, 0.29) is 6.09 Å². The number of hydrogen-bond donors (Lipinski definition) is 0. The SMILES string of the molecule is CC(C)c1ccc(S(=O)(=O)C2CCN(C(=O)OC(C)(C)C)CC2)cc1. The number of hydrogen-bond acceptors (Lipinski definition) is 4. The van der Waals surface area contributed by atoms with Gasteiger partial charge in [0.25, 0.3) is 0 Å². The zero-order chi connectivity index (χ0) is 18.8. The number of benzene rings is 1. The minimum Gasteiger partial charge on any atom is -0.444 e. The molecule has 1 aromatic carbocycles. The Morgan fingerprint density at radius 1 is 1.12 bits per heavy atom. The van der Waals surface area contributed by atoms with Crippen molar-refractivity contribution < 1.29 is 17.9 Å². The predicted octanol–water partition coefficient (Wildman–Crippen LogP) is 3.98. The number of amides is 1. The van der Waals surface area contributed by atoms with Gasteiger partial charge in [-0.1, -0.05) is 26.0 Å². The minimum atomic E-state index is -3.37. The maximum absolute atomic E-state index is 12.8. The molecule has 1 saturated heterocycles. The van der Waals surface area contributed by atoms with Crippen molar-refractivity contribution in [3.8, 4) is 0 Å². The number of piperidine rings is 1. The Hall–Kier alpha value is -1.56. The molecule has 0 aliphatic carbocycles. The largest absolute Gasteiger partial charge is 0.444 e. The Morgan fingerprint density at radius 2 is 1.64 bits per heavy atom. The maximum atomic E-state index is 12.8. The zero-order valence-corrected chi connectivity index (χ0v) is 16.6. The minimum absolute atomic E-state index is 0.368. The molecule has 0 aromatic heterocycles. The first-order valence-electron chi connectivity index (χ1n) is 8.82. The van der Waals surface area contributed by atoms with Gasteiger partial charge in [-0.2, -0.15) is 0 Å². The van der Waals surface area contributed by atoms with Crippen LogP contribution >= 0.6 is 0 Å². The lowest BCUT2D eigenvalue weighted by atomic mass is 10.0. The molecule has 0 unspecified atom stereocenters. The van der Waals surface area contributed by atoms with Crippen LogP contribution in [0.2, 0.25) is 0 Å². The summed E-state index contributed by atoms with van der Waals surface area (Å²) in [7, 11) is -3.37. The molecule has 0 saturated carbocycles. The molecule has 1 aliphatic heterocycles.